The van der Waals surface area contributed by atoms with Crippen molar-refractivity contribution >= 4 is 0 Å². The molecule has 2 atom stereocenters. The molecule has 0 aliphatic carbocycles. The van der Waals surface area contributed by atoms with E-state index in [9.17, 15) is 4.39 Å². The Hall–Kier alpha value is -1.44. The van der Waals surface area contributed by atoms with Crippen LogP contribution in [0.2, 0.25) is 0 Å². The van der Waals surface area contributed by atoms with Gasteiger partial charge in [-0.15, -0.1) is 0 Å². The Morgan fingerprint density at radius 3 is 2.89 bits per heavy atom. The van der Waals surface area contributed by atoms with Gasteiger partial charge in [0.25, 0.3) is 0 Å². The van der Waals surface area contributed by atoms with E-state index in [1.165, 1.54) is 6.07 Å². The molecule has 0 bridgehead atoms. The minimum atomic E-state index is -0.471. The van der Waals surface area contributed by atoms with E-state index in [0.717, 1.165) is 25.1 Å². The van der Waals surface area contributed by atoms with Crippen molar-refractivity contribution < 1.29 is 9.13 Å². The number of hydrogen-bond donors (Lipinski definition) is 0. The normalized spacial score (nSPS) is 24.1. The van der Waals surface area contributed by atoms with Crippen LogP contribution in [0.3, 0.4) is 0 Å². The van der Waals surface area contributed by atoms with Crippen LogP contribution < -0.4 is 0 Å². The Labute approximate surface area is 113 Å². The van der Waals surface area contributed by atoms with Crippen LogP contribution in [0.15, 0.2) is 18.2 Å². The molecule has 102 valence electrons. The summed E-state index contributed by atoms with van der Waals surface area (Å²) >= 11 is 0. The molecule has 0 saturated carbocycles. The van der Waals surface area contributed by atoms with Crippen molar-refractivity contribution in [1.82, 2.24) is 4.90 Å². The monoisotopic (exact) mass is 262 g/mol. The van der Waals surface area contributed by atoms with Gasteiger partial charge in [0.1, 0.15) is 11.9 Å². The highest BCUT2D eigenvalue weighted by molar-refractivity contribution is 5.35. The summed E-state index contributed by atoms with van der Waals surface area (Å²) in [4.78, 5) is 2.38. The Balaban J connectivity index is 2.17. The number of rotatable bonds is 3. The molecule has 0 N–H and O–H groups in total. The maximum absolute atomic E-state index is 13.3. The molecule has 0 spiro atoms. The SMILES string of the molecule is CCC1COC(c2ccc(F)c(C#N)c2)CN1CC. The summed E-state index contributed by atoms with van der Waals surface area (Å²) in [6, 6.07) is 6.98. The first kappa shape index (κ1) is 14.0. The summed E-state index contributed by atoms with van der Waals surface area (Å²) in [5, 5.41) is 8.88. The highest BCUT2D eigenvalue weighted by Crippen LogP contribution is 2.27. The third-order valence-corrected chi connectivity index (χ3v) is 3.77. The number of benzene rings is 1. The molecule has 1 aliphatic heterocycles. The zero-order valence-electron chi connectivity index (χ0n) is 11.4. The fourth-order valence-corrected chi connectivity index (χ4v) is 2.54. The molecule has 2 rings (SSSR count). The second kappa shape index (κ2) is 6.14. The highest BCUT2D eigenvalue weighted by atomic mass is 19.1. The van der Waals surface area contributed by atoms with Crippen LogP contribution in [0.5, 0.6) is 0 Å². The standard InChI is InChI=1S/C15H19FN2O/c1-3-13-10-19-15(9-18(13)4-2)11-5-6-14(16)12(7-11)8-17/h5-7,13,15H,3-4,9-10H2,1-2H3. The van der Waals surface area contributed by atoms with Crippen LogP contribution in [0.25, 0.3) is 0 Å². The van der Waals surface area contributed by atoms with Crippen molar-refractivity contribution in [2.45, 2.75) is 32.4 Å². The first-order valence-electron chi connectivity index (χ1n) is 6.74. The molecule has 0 radical (unpaired) electrons. The highest BCUT2D eigenvalue weighted by Gasteiger charge is 2.27. The predicted octanol–water partition coefficient (Wildman–Crippen LogP) is 2.87. The number of hydrogen-bond acceptors (Lipinski definition) is 3. The molecule has 19 heavy (non-hydrogen) atoms. The van der Waals surface area contributed by atoms with Gasteiger partial charge in [-0.2, -0.15) is 5.26 Å². The second-order valence-corrected chi connectivity index (χ2v) is 4.82. The number of likely N-dealkylation sites (N-methyl/N-ethyl adjacent to an activating group) is 1. The third kappa shape index (κ3) is 2.94. The van der Waals surface area contributed by atoms with E-state index in [1.807, 2.05) is 6.07 Å². The van der Waals surface area contributed by atoms with Gasteiger partial charge in [0.2, 0.25) is 0 Å². The average Bonchev–Trinajstić information content (AvgIpc) is 2.47. The summed E-state index contributed by atoms with van der Waals surface area (Å²) in [6.45, 7) is 6.75. The lowest BCUT2D eigenvalue weighted by molar-refractivity contribution is -0.0642. The van der Waals surface area contributed by atoms with Crippen molar-refractivity contribution in [2.75, 3.05) is 19.7 Å². The maximum Gasteiger partial charge on any atom is 0.140 e. The van der Waals surface area contributed by atoms with Crippen LogP contribution >= 0.6 is 0 Å². The van der Waals surface area contributed by atoms with E-state index >= 15 is 0 Å². The van der Waals surface area contributed by atoms with E-state index in [1.54, 1.807) is 12.1 Å². The van der Waals surface area contributed by atoms with E-state index in [2.05, 4.69) is 18.7 Å². The minimum absolute atomic E-state index is 0.0737. The minimum Gasteiger partial charge on any atom is -0.371 e. The van der Waals surface area contributed by atoms with Crippen molar-refractivity contribution in [3.8, 4) is 6.07 Å². The van der Waals surface area contributed by atoms with E-state index < -0.39 is 5.82 Å². The second-order valence-electron chi connectivity index (χ2n) is 4.82. The lowest BCUT2D eigenvalue weighted by Gasteiger charge is -2.39. The summed E-state index contributed by atoms with van der Waals surface area (Å²) in [6.07, 6.45) is 0.989. The number of nitrogens with zero attached hydrogens (tertiary/aromatic N) is 2. The zero-order valence-corrected chi connectivity index (χ0v) is 11.4. The molecule has 2 unspecified atom stereocenters. The van der Waals surface area contributed by atoms with Gasteiger partial charge >= 0.3 is 0 Å². The zero-order chi connectivity index (χ0) is 13.8. The fourth-order valence-electron chi connectivity index (χ4n) is 2.54. The van der Waals surface area contributed by atoms with Gasteiger partial charge in [-0.25, -0.2) is 4.39 Å². The predicted molar refractivity (Wildman–Crippen MR) is 71.1 cm³/mol. The largest absolute Gasteiger partial charge is 0.371 e. The van der Waals surface area contributed by atoms with Gasteiger partial charge in [-0.05, 0) is 30.7 Å². The molecule has 1 heterocycles. The fraction of sp³-hybridized carbons (Fsp3) is 0.533. The van der Waals surface area contributed by atoms with Gasteiger partial charge in [0.05, 0.1) is 18.3 Å². The Kier molecular flexibility index (Phi) is 4.52. The van der Waals surface area contributed by atoms with Crippen molar-refractivity contribution in [2.24, 2.45) is 0 Å². The van der Waals surface area contributed by atoms with Crippen molar-refractivity contribution in [3.05, 3.63) is 35.1 Å². The Bertz CT molecular complexity index is 484. The van der Waals surface area contributed by atoms with E-state index in [0.29, 0.717) is 12.6 Å². The van der Waals surface area contributed by atoms with Crippen LogP contribution in [-0.4, -0.2) is 30.6 Å². The molecule has 0 aromatic heterocycles. The smallest absolute Gasteiger partial charge is 0.140 e. The van der Waals surface area contributed by atoms with Crippen LogP contribution in [0.1, 0.15) is 37.5 Å². The summed E-state index contributed by atoms with van der Waals surface area (Å²) < 4.78 is 19.2. The molecular weight excluding hydrogens is 243 g/mol. The summed E-state index contributed by atoms with van der Waals surface area (Å²) in [7, 11) is 0. The molecule has 1 saturated heterocycles. The topological polar surface area (TPSA) is 36.3 Å². The van der Waals surface area contributed by atoms with E-state index in [-0.39, 0.29) is 11.7 Å². The molecule has 4 heteroatoms. The molecule has 1 aromatic rings. The molecule has 1 fully saturated rings. The number of ether oxygens (including phenoxy) is 1. The lowest BCUT2D eigenvalue weighted by Crippen LogP contribution is -2.46. The number of halogens is 1. The quantitative estimate of drug-likeness (QED) is 0.840. The average molecular weight is 262 g/mol. The molecule has 0 amide bonds. The van der Waals surface area contributed by atoms with Gasteiger partial charge in [0.15, 0.2) is 0 Å². The lowest BCUT2D eigenvalue weighted by atomic mass is 10.0. The first-order chi connectivity index (χ1) is 9.19. The van der Waals surface area contributed by atoms with Crippen LogP contribution in [0.4, 0.5) is 4.39 Å². The Morgan fingerprint density at radius 2 is 2.26 bits per heavy atom. The van der Waals surface area contributed by atoms with E-state index in [4.69, 9.17) is 10.00 Å². The summed E-state index contributed by atoms with van der Waals surface area (Å²) in [5.74, 6) is -0.471. The van der Waals surface area contributed by atoms with Crippen LogP contribution in [-0.2, 0) is 4.74 Å². The number of nitriles is 1. The maximum atomic E-state index is 13.3. The first-order valence-corrected chi connectivity index (χ1v) is 6.74. The van der Waals surface area contributed by atoms with Crippen molar-refractivity contribution in [3.63, 3.8) is 0 Å². The van der Waals surface area contributed by atoms with Gasteiger partial charge in [0, 0.05) is 12.6 Å². The van der Waals surface area contributed by atoms with Crippen LogP contribution in [0, 0.1) is 17.1 Å². The number of morpholine rings is 1. The molecule has 3 nitrogen and oxygen atoms in total. The van der Waals surface area contributed by atoms with Gasteiger partial charge in [-0.3, -0.25) is 4.90 Å². The molecule has 1 aliphatic rings. The van der Waals surface area contributed by atoms with Crippen molar-refractivity contribution in [1.29, 1.82) is 5.26 Å². The van der Waals surface area contributed by atoms with Gasteiger partial charge in [-0.1, -0.05) is 19.9 Å². The molecule has 1 aromatic carbocycles. The molecular formula is C15H19FN2O. The summed E-state index contributed by atoms with van der Waals surface area (Å²) in [5.41, 5.74) is 0.965. The van der Waals surface area contributed by atoms with Gasteiger partial charge < -0.3 is 4.74 Å². The third-order valence-electron chi connectivity index (χ3n) is 3.77. The Morgan fingerprint density at radius 1 is 1.47 bits per heavy atom.